The summed E-state index contributed by atoms with van der Waals surface area (Å²) in [7, 11) is 2.09. The Morgan fingerprint density at radius 3 is 2.88 bits per heavy atom. The second-order valence-corrected chi connectivity index (χ2v) is 6.38. The molecule has 0 bridgehead atoms. The molecule has 2 aromatic heterocycles. The minimum absolute atomic E-state index is 0.180. The van der Waals surface area contributed by atoms with Gasteiger partial charge in [0.2, 0.25) is 5.89 Å². The molecule has 0 saturated carbocycles. The molecule has 0 aliphatic carbocycles. The van der Waals surface area contributed by atoms with E-state index >= 15 is 0 Å². The predicted molar refractivity (Wildman–Crippen MR) is 94.1 cm³/mol. The van der Waals surface area contributed by atoms with Gasteiger partial charge in [-0.2, -0.15) is 4.98 Å². The van der Waals surface area contributed by atoms with E-state index in [1.807, 2.05) is 42.5 Å². The second-order valence-electron chi connectivity index (χ2n) is 6.38. The first-order valence-electron chi connectivity index (χ1n) is 8.67. The molecule has 0 amide bonds. The summed E-state index contributed by atoms with van der Waals surface area (Å²) in [5.41, 5.74) is 1.08. The monoisotopic (exact) mass is 338 g/mol. The molecule has 1 saturated heterocycles. The first-order chi connectivity index (χ1) is 12.3. The highest BCUT2D eigenvalue weighted by molar-refractivity contribution is 5.57. The van der Waals surface area contributed by atoms with Crippen LogP contribution in [0.5, 0.6) is 0 Å². The molecule has 6 heteroatoms. The Morgan fingerprint density at radius 2 is 2.04 bits per heavy atom. The Hall–Kier alpha value is -2.44. The first kappa shape index (κ1) is 16.1. The highest BCUT2D eigenvalue weighted by Gasteiger charge is 2.25. The molecule has 4 rings (SSSR count). The zero-order valence-corrected chi connectivity index (χ0v) is 14.3. The van der Waals surface area contributed by atoms with Crippen LogP contribution in [0.4, 0.5) is 0 Å². The molecule has 25 heavy (non-hydrogen) atoms. The normalized spacial score (nSPS) is 18.5. The molecular weight excluding hydrogens is 316 g/mol. The van der Waals surface area contributed by atoms with Gasteiger partial charge >= 0.3 is 0 Å². The lowest BCUT2D eigenvalue weighted by Gasteiger charge is -2.30. The summed E-state index contributed by atoms with van der Waals surface area (Å²) < 4.78 is 11.3. The maximum atomic E-state index is 5.92. The number of hydrogen-bond donors (Lipinski definition) is 1. The fourth-order valence-corrected chi connectivity index (χ4v) is 3.10. The fourth-order valence-electron chi connectivity index (χ4n) is 3.10. The molecule has 1 aromatic carbocycles. The van der Waals surface area contributed by atoms with E-state index in [1.165, 1.54) is 0 Å². The Bertz CT molecular complexity index is 812. The molecule has 0 spiro atoms. The van der Waals surface area contributed by atoms with Crippen molar-refractivity contribution in [2.45, 2.75) is 18.9 Å². The SMILES string of the molecule is CN1CCNCC1c1noc(CCc2ccc(-c3ccccc3)o2)n1. The highest BCUT2D eigenvalue weighted by atomic mass is 16.5. The van der Waals surface area contributed by atoms with Crippen LogP contribution >= 0.6 is 0 Å². The van der Waals surface area contributed by atoms with Gasteiger partial charge in [0.15, 0.2) is 5.82 Å². The number of furan rings is 1. The minimum Gasteiger partial charge on any atom is -0.461 e. The van der Waals surface area contributed by atoms with Gasteiger partial charge in [-0.3, -0.25) is 4.90 Å². The maximum Gasteiger partial charge on any atom is 0.227 e. The lowest BCUT2D eigenvalue weighted by atomic mass is 10.2. The van der Waals surface area contributed by atoms with Crippen molar-refractivity contribution in [2.75, 3.05) is 26.7 Å². The Morgan fingerprint density at radius 1 is 1.16 bits per heavy atom. The molecule has 1 fully saturated rings. The van der Waals surface area contributed by atoms with Crippen LogP contribution < -0.4 is 5.32 Å². The number of nitrogens with one attached hydrogen (secondary N) is 1. The average Bonchev–Trinajstić information content (AvgIpc) is 3.31. The molecule has 1 aliphatic rings. The number of benzene rings is 1. The van der Waals surface area contributed by atoms with Crippen LogP contribution in [-0.2, 0) is 12.8 Å². The first-order valence-corrected chi connectivity index (χ1v) is 8.67. The predicted octanol–water partition coefficient (Wildman–Crippen LogP) is 2.69. The number of aromatic nitrogens is 2. The third-order valence-electron chi connectivity index (χ3n) is 4.60. The second kappa shape index (κ2) is 7.21. The van der Waals surface area contributed by atoms with Crippen LogP contribution in [0.15, 0.2) is 51.4 Å². The van der Waals surface area contributed by atoms with Crippen molar-refractivity contribution in [2.24, 2.45) is 0 Å². The van der Waals surface area contributed by atoms with E-state index in [0.717, 1.165) is 49.0 Å². The van der Waals surface area contributed by atoms with Crippen LogP contribution in [0.3, 0.4) is 0 Å². The van der Waals surface area contributed by atoms with Crippen molar-refractivity contribution in [1.82, 2.24) is 20.4 Å². The molecule has 1 aliphatic heterocycles. The van der Waals surface area contributed by atoms with Gasteiger partial charge in [-0.25, -0.2) is 0 Å². The van der Waals surface area contributed by atoms with E-state index < -0.39 is 0 Å². The van der Waals surface area contributed by atoms with E-state index in [1.54, 1.807) is 0 Å². The summed E-state index contributed by atoms with van der Waals surface area (Å²) >= 11 is 0. The topological polar surface area (TPSA) is 67.3 Å². The van der Waals surface area contributed by atoms with Crippen molar-refractivity contribution in [3.05, 3.63) is 59.9 Å². The van der Waals surface area contributed by atoms with Crippen LogP contribution in [-0.4, -0.2) is 41.7 Å². The minimum atomic E-state index is 0.180. The molecule has 1 atom stereocenters. The van der Waals surface area contributed by atoms with E-state index in [-0.39, 0.29) is 6.04 Å². The smallest absolute Gasteiger partial charge is 0.227 e. The standard InChI is InChI=1S/C19H22N4O2/c1-23-12-11-20-13-16(23)19-21-18(25-22-19)10-8-15-7-9-17(24-15)14-5-3-2-4-6-14/h2-7,9,16,20H,8,10-13H2,1H3. The van der Waals surface area contributed by atoms with Crippen LogP contribution in [0.1, 0.15) is 23.5 Å². The zero-order valence-electron chi connectivity index (χ0n) is 14.3. The van der Waals surface area contributed by atoms with Crippen molar-refractivity contribution < 1.29 is 8.94 Å². The van der Waals surface area contributed by atoms with E-state index in [4.69, 9.17) is 8.94 Å². The van der Waals surface area contributed by atoms with Gasteiger partial charge < -0.3 is 14.3 Å². The summed E-state index contributed by atoms with van der Waals surface area (Å²) in [6, 6.07) is 14.3. The fraction of sp³-hybridized carbons (Fsp3) is 0.368. The van der Waals surface area contributed by atoms with Gasteiger partial charge in [-0.05, 0) is 19.2 Å². The lowest BCUT2D eigenvalue weighted by molar-refractivity contribution is 0.190. The van der Waals surface area contributed by atoms with Crippen molar-refractivity contribution >= 4 is 0 Å². The number of nitrogens with zero attached hydrogens (tertiary/aromatic N) is 3. The quantitative estimate of drug-likeness (QED) is 0.771. The molecule has 6 nitrogen and oxygen atoms in total. The summed E-state index contributed by atoms with van der Waals surface area (Å²) in [5, 5.41) is 7.53. The van der Waals surface area contributed by atoms with Gasteiger partial charge in [-0.1, -0.05) is 35.5 Å². The third kappa shape index (κ3) is 3.65. The molecular formula is C19H22N4O2. The lowest BCUT2D eigenvalue weighted by Crippen LogP contribution is -2.44. The van der Waals surface area contributed by atoms with Crippen LogP contribution in [0.25, 0.3) is 11.3 Å². The molecule has 1 N–H and O–H groups in total. The number of aryl methyl sites for hydroxylation is 2. The Kier molecular flexibility index (Phi) is 4.63. The Labute approximate surface area is 146 Å². The highest BCUT2D eigenvalue weighted by Crippen LogP contribution is 2.23. The molecule has 3 aromatic rings. The molecule has 130 valence electrons. The average molecular weight is 338 g/mol. The number of hydrogen-bond acceptors (Lipinski definition) is 6. The summed E-state index contributed by atoms with van der Waals surface area (Å²) in [4.78, 5) is 6.82. The summed E-state index contributed by atoms with van der Waals surface area (Å²) in [6.45, 7) is 2.84. The third-order valence-corrected chi connectivity index (χ3v) is 4.60. The van der Waals surface area contributed by atoms with Crippen LogP contribution in [0, 0.1) is 0 Å². The van der Waals surface area contributed by atoms with Gasteiger partial charge in [0.25, 0.3) is 0 Å². The van der Waals surface area contributed by atoms with Gasteiger partial charge in [0, 0.05) is 38.0 Å². The summed E-state index contributed by atoms with van der Waals surface area (Å²) in [6.07, 6.45) is 1.42. The Balaban J connectivity index is 1.38. The van der Waals surface area contributed by atoms with Gasteiger partial charge in [0.1, 0.15) is 11.5 Å². The largest absolute Gasteiger partial charge is 0.461 e. The molecule has 1 unspecified atom stereocenters. The molecule has 3 heterocycles. The number of piperazine rings is 1. The number of likely N-dealkylation sites (N-methyl/N-ethyl adjacent to an activating group) is 1. The van der Waals surface area contributed by atoms with E-state index in [0.29, 0.717) is 12.3 Å². The zero-order chi connectivity index (χ0) is 17.1. The van der Waals surface area contributed by atoms with Crippen molar-refractivity contribution in [1.29, 1.82) is 0 Å². The van der Waals surface area contributed by atoms with Crippen LogP contribution in [0.2, 0.25) is 0 Å². The summed E-state index contributed by atoms with van der Waals surface area (Å²) in [5.74, 6) is 3.23. The van der Waals surface area contributed by atoms with Gasteiger partial charge in [0.05, 0.1) is 6.04 Å². The van der Waals surface area contributed by atoms with Crippen molar-refractivity contribution in [3.8, 4) is 11.3 Å². The van der Waals surface area contributed by atoms with E-state index in [2.05, 4.69) is 27.4 Å². The number of rotatable bonds is 5. The van der Waals surface area contributed by atoms with Gasteiger partial charge in [-0.15, -0.1) is 0 Å². The molecule has 0 radical (unpaired) electrons. The van der Waals surface area contributed by atoms with E-state index in [9.17, 15) is 0 Å². The van der Waals surface area contributed by atoms with Crippen molar-refractivity contribution in [3.63, 3.8) is 0 Å². The maximum absolute atomic E-state index is 5.92.